The van der Waals surface area contributed by atoms with Gasteiger partial charge in [-0.3, -0.25) is 0 Å². The van der Waals surface area contributed by atoms with Crippen LogP contribution in [0.4, 0.5) is 0 Å². The lowest BCUT2D eigenvalue weighted by Crippen LogP contribution is -2.56. The second-order valence-corrected chi connectivity index (χ2v) is 10.4. The summed E-state index contributed by atoms with van der Waals surface area (Å²) < 4.78 is 7.00. The Labute approximate surface area is 233 Å². The number of allylic oxidation sites excluding steroid dienone is 1. The summed E-state index contributed by atoms with van der Waals surface area (Å²) in [5.74, 6) is 1.77. The lowest BCUT2D eigenvalue weighted by atomic mass is 10.0. The van der Waals surface area contributed by atoms with Crippen LogP contribution in [-0.4, -0.2) is 40.0 Å². The largest absolute Gasteiger partial charge is 0.488 e. The van der Waals surface area contributed by atoms with E-state index in [1.165, 1.54) is 0 Å². The molecule has 2 aromatic carbocycles. The maximum absolute atomic E-state index is 6.63. The fourth-order valence-corrected chi connectivity index (χ4v) is 4.79. The number of para-hydroxylation sites is 1. The van der Waals surface area contributed by atoms with Gasteiger partial charge >= 0.3 is 0 Å². The number of nitrogens with two attached hydrogens (primary N) is 3. The van der Waals surface area contributed by atoms with E-state index in [1.54, 1.807) is 12.4 Å². The zero-order chi connectivity index (χ0) is 26.9. The van der Waals surface area contributed by atoms with E-state index >= 15 is 0 Å². The Morgan fingerprint density at radius 1 is 1.03 bits per heavy atom. The van der Waals surface area contributed by atoms with Crippen molar-refractivity contribution in [3.05, 3.63) is 106 Å². The molecule has 7 N–H and O–H groups in total. The van der Waals surface area contributed by atoms with Crippen LogP contribution in [0.3, 0.4) is 0 Å². The van der Waals surface area contributed by atoms with Gasteiger partial charge in [-0.25, -0.2) is 9.97 Å². The number of halogens is 1. The minimum Gasteiger partial charge on any atom is -0.488 e. The molecule has 3 aromatic rings. The van der Waals surface area contributed by atoms with Gasteiger partial charge in [0.1, 0.15) is 24.0 Å². The monoisotopic (exact) mass is 577 g/mol. The number of ether oxygens (including phenoxy) is 1. The molecule has 1 aliphatic heterocycles. The summed E-state index contributed by atoms with van der Waals surface area (Å²) in [6, 6.07) is 18.3. The molecular weight excluding hydrogens is 542 g/mol. The summed E-state index contributed by atoms with van der Waals surface area (Å²) >= 11 is 3.39. The lowest BCUT2D eigenvalue weighted by molar-refractivity contribution is 0.191. The molecule has 1 saturated heterocycles. The Hall–Kier alpha value is -3.56. The molecule has 9 heteroatoms. The van der Waals surface area contributed by atoms with Crippen molar-refractivity contribution >= 4 is 21.6 Å². The van der Waals surface area contributed by atoms with Crippen LogP contribution in [0.5, 0.6) is 5.75 Å². The molecule has 0 bridgehead atoms. The van der Waals surface area contributed by atoms with Gasteiger partial charge < -0.3 is 32.2 Å². The number of benzene rings is 2. The first-order valence-corrected chi connectivity index (χ1v) is 13.7. The molecule has 0 aliphatic carbocycles. The molecule has 0 spiro atoms. The summed E-state index contributed by atoms with van der Waals surface area (Å²) in [5.41, 5.74) is 22.2. The van der Waals surface area contributed by atoms with Crippen molar-refractivity contribution in [1.82, 2.24) is 20.2 Å². The van der Waals surface area contributed by atoms with Crippen molar-refractivity contribution in [1.29, 1.82) is 0 Å². The van der Waals surface area contributed by atoms with Crippen LogP contribution in [0, 0.1) is 0 Å². The van der Waals surface area contributed by atoms with Gasteiger partial charge in [-0.15, -0.1) is 0 Å². The summed E-state index contributed by atoms with van der Waals surface area (Å²) in [7, 11) is 0. The molecular formula is C29H36BrN7O. The van der Waals surface area contributed by atoms with Crippen LogP contribution in [0.15, 0.2) is 89.1 Å². The van der Waals surface area contributed by atoms with Crippen LogP contribution in [0.2, 0.25) is 0 Å². The third-order valence-corrected chi connectivity index (χ3v) is 7.01. The molecule has 200 valence electrons. The Morgan fingerprint density at radius 3 is 2.42 bits per heavy atom. The van der Waals surface area contributed by atoms with Crippen molar-refractivity contribution in [2.45, 2.75) is 44.9 Å². The van der Waals surface area contributed by atoms with Crippen molar-refractivity contribution in [2.24, 2.45) is 17.2 Å². The minimum absolute atomic E-state index is 0.228. The van der Waals surface area contributed by atoms with E-state index in [4.69, 9.17) is 21.9 Å². The zero-order valence-electron chi connectivity index (χ0n) is 21.7. The fourth-order valence-electron chi connectivity index (χ4n) is 4.58. The smallest absolute Gasteiger partial charge is 0.129 e. The van der Waals surface area contributed by atoms with Gasteiger partial charge in [-0.2, -0.15) is 0 Å². The van der Waals surface area contributed by atoms with Gasteiger partial charge in [0.25, 0.3) is 0 Å². The minimum atomic E-state index is 0.228. The summed E-state index contributed by atoms with van der Waals surface area (Å²) in [5, 5.41) is 3.75. The maximum atomic E-state index is 6.63. The van der Waals surface area contributed by atoms with E-state index in [9.17, 15) is 0 Å². The molecule has 2 atom stereocenters. The quantitative estimate of drug-likeness (QED) is 0.267. The summed E-state index contributed by atoms with van der Waals surface area (Å²) in [6.07, 6.45) is 8.07. The SMILES string of the molecule is CCC1CN(C(/C=C(\N)c2ccccc2OCc2ccccc2)=C(N)N)CC(CCc2ncc(Br)cn2)N1. The average Bonchev–Trinajstić information content (AvgIpc) is 2.94. The number of aryl methyl sites for hydroxylation is 1. The molecule has 0 saturated carbocycles. The number of hydrogen-bond acceptors (Lipinski definition) is 8. The lowest BCUT2D eigenvalue weighted by Gasteiger charge is -2.41. The molecule has 0 amide bonds. The van der Waals surface area contributed by atoms with Gasteiger partial charge in [-0.1, -0.05) is 49.4 Å². The topological polar surface area (TPSA) is 128 Å². The second kappa shape index (κ2) is 13.3. The number of aromatic nitrogens is 2. The van der Waals surface area contributed by atoms with Crippen molar-refractivity contribution < 1.29 is 4.74 Å². The van der Waals surface area contributed by atoms with Crippen molar-refractivity contribution in [3.63, 3.8) is 0 Å². The molecule has 38 heavy (non-hydrogen) atoms. The Morgan fingerprint density at radius 2 is 1.71 bits per heavy atom. The zero-order valence-corrected chi connectivity index (χ0v) is 23.3. The molecule has 1 fully saturated rings. The van der Waals surface area contributed by atoms with Gasteiger partial charge in [0.15, 0.2) is 0 Å². The molecule has 4 rings (SSSR count). The van der Waals surface area contributed by atoms with Crippen LogP contribution >= 0.6 is 15.9 Å². The Bertz CT molecular complexity index is 1240. The standard InChI is InChI=1S/C29H36BrN7O/c1-2-22-17-37(18-23(36-22)12-13-28-34-15-21(30)16-35-28)26(29(32)33)14-25(31)24-10-6-7-11-27(24)38-19-20-8-4-3-5-9-20/h3-11,14-16,22-23,36H,2,12-13,17-19,31-33H2,1H3/b25-14-. The van der Waals surface area contributed by atoms with Gasteiger partial charge in [0, 0.05) is 55.2 Å². The second-order valence-electron chi connectivity index (χ2n) is 9.44. The summed E-state index contributed by atoms with van der Waals surface area (Å²) in [4.78, 5) is 11.1. The average molecular weight is 579 g/mol. The molecule has 1 aliphatic rings. The Kier molecular flexibility index (Phi) is 9.62. The van der Waals surface area contributed by atoms with Gasteiger partial charge in [-0.05, 0) is 52.5 Å². The molecule has 8 nitrogen and oxygen atoms in total. The van der Waals surface area contributed by atoms with E-state index in [-0.39, 0.29) is 11.9 Å². The highest BCUT2D eigenvalue weighted by Gasteiger charge is 2.27. The van der Waals surface area contributed by atoms with E-state index in [2.05, 4.69) is 43.0 Å². The van der Waals surface area contributed by atoms with Gasteiger partial charge in [0.2, 0.25) is 0 Å². The third-order valence-electron chi connectivity index (χ3n) is 6.60. The van der Waals surface area contributed by atoms with E-state index < -0.39 is 0 Å². The van der Waals surface area contributed by atoms with Crippen LogP contribution < -0.4 is 27.3 Å². The molecule has 2 unspecified atom stereocenters. The first-order chi connectivity index (χ1) is 18.4. The van der Waals surface area contributed by atoms with Crippen molar-refractivity contribution in [2.75, 3.05) is 13.1 Å². The maximum Gasteiger partial charge on any atom is 0.129 e. The normalized spacial score (nSPS) is 17.7. The van der Waals surface area contributed by atoms with Crippen molar-refractivity contribution in [3.8, 4) is 5.75 Å². The first-order valence-electron chi connectivity index (χ1n) is 12.9. The highest BCUT2D eigenvalue weighted by atomic mass is 79.9. The highest BCUT2D eigenvalue weighted by molar-refractivity contribution is 9.10. The molecule has 2 heterocycles. The molecule has 0 radical (unpaired) electrons. The predicted octanol–water partition coefficient (Wildman–Crippen LogP) is 3.89. The molecule has 1 aromatic heterocycles. The predicted molar refractivity (Wildman–Crippen MR) is 155 cm³/mol. The van der Waals surface area contributed by atoms with Crippen LogP contribution in [0.1, 0.15) is 36.7 Å². The number of nitrogens with zero attached hydrogens (tertiary/aromatic N) is 3. The number of hydrogen-bond donors (Lipinski definition) is 4. The number of rotatable bonds is 10. The van der Waals surface area contributed by atoms with E-state index in [0.717, 1.165) is 59.5 Å². The number of piperazine rings is 1. The highest BCUT2D eigenvalue weighted by Crippen LogP contribution is 2.26. The van der Waals surface area contributed by atoms with E-state index in [0.29, 0.717) is 24.1 Å². The summed E-state index contributed by atoms with van der Waals surface area (Å²) in [6.45, 7) is 4.16. The van der Waals surface area contributed by atoms with Crippen LogP contribution in [-0.2, 0) is 13.0 Å². The first kappa shape index (κ1) is 27.5. The van der Waals surface area contributed by atoms with Gasteiger partial charge in [0.05, 0.1) is 10.2 Å². The fraction of sp³-hybridized carbons (Fsp3) is 0.310. The Balaban J connectivity index is 1.50. The van der Waals surface area contributed by atoms with Crippen LogP contribution in [0.25, 0.3) is 5.70 Å². The third kappa shape index (κ3) is 7.49. The number of nitrogens with one attached hydrogen (secondary N) is 1. The van der Waals surface area contributed by atoms with E-state index in [1.807, 2.05) is 60.7 Å².